The number of nitrogens with zero attached hydrogens (tertiary/aromatic N) is 1. The van der Waals surface area contributed by atoms with Gasteiger partial charge in [0.25, 0.3) is 0 Å². The molecule has 17 heavy (non-hydrogen) atoms. The molecule has 0 saturated carbocycles. The van der Waals surface area contributed by atoms with E-state index in [2.05, 4.69) is 20.0 Å². The van der Waals surface area contributed by atoms with Gasteiger partial charge >= 0.3 is 5.97 Å². The van der Waals surface area contributed by atoms with E-state index in [-0.39, 0.29) is 25.3 Å². The van der Waals surface area contributed by atoms with Crippen LogP contribution < -0.4 is 11.1 Å². The van der Waals surface area contributed by atoms with E-state index in [0.717, 1.165) is 0 Å². The van der Waals surface area contributed by atoms with Gasteiger partial charge in [-0.1, -0.05) is 0 Å². The van der Waals surface area contributed by atoms with Gasteiger partial charge in [0.15, 0.2) is 0 Å². The lowest BCUT2D eigenvalue weighted by Crippen LogP contribution is -2.43. The number of H-pyrrole nitrogens is 1. The van der Waals surface area contributed by atoms with Crippen LogP contribution in [0, 0.1) is 0 Å². The summed E-state index contributed by atoms with van der Waals surface area (Å²) in [4.78, 5) is 29.6. The van der Waals surface area contributed by atoms with Crippen LogP contribution in [0.5, 0.6) is 0 Å². The van der Waals surface area contributed by atoms with E-state index < -0.39 is 12.0 Å². The lowest BCUT2D eigenvalue weighted by molar-refractivity contribution is -0.145. The van der Waals surface area contributed by atoms with Gasteiger partial charge in [-0.3, -0.25) is 4.79 Å². The quantitative estimate of drug-likeness (QED) is 0.550. The number of carbonyl (C=O) groups excluding carboxylic acids is 2. The Kier molecular flexibility index (Phi) is 5.15. The van der Waals surface area contributed by atoms with Crippen molar-refractivity contribution in [3.05, 3.63) is 18.2 Å². The Morgan fingerprint density at radius 3 is 2.94 bits per heavy atom. The topological polar surface area (TPSA) is 110 Å². The second-order valence-corrected chi connectivity index (χ2v) is 3.45. The number of ether oxygens (including phenoxy) is 1. The van der Waals surface area contributed by atoms with Crippen molar-refractivity contribution in [1.82, 2.24) is 15.3 Å². The third-order valence-corrected chi connectivity index (χ3v) is 2.16. The molecule has 0 radical (unpaired) electrons. The highest BCUT2D eigenvalue weighted by molar-refractivity contribution is 5.84. The molecule has 7 nitrogen and oxygen atoms in total. The first-order valence-electron chi connectivity index (χ1n) is 5.22. The maximum Gasteiger partial charge on any atom is 0.328 e. The normalized spacial score (nSPS) is 11.9. The largest absolute Gasteiger partial charge is 0.467 e. The van der Waals surface area contributed by atoms with Crippen LogP contribution in [0.4, 0.5) is 0 Å². The fourth-order valence-corrected chi connectivity index (χ4v) is 1.34. The van der Waals surface area contributed by atoms with Crippen LogP contribution in [-0.4, -0.2) is 41.5 Å². The number of carbonyl (C=O) groups is 2. The number of methoxy groups -OCH3 is 1. The van der Waals surface area contributed by atoms with Gasteiger partial charge in [0.2, 0.25) is 5.91 Å². The molecule has 0 aliphatic carbocycles. The highest BCUT2D eigenvalue weighted by Crippen LogP contribution is 2.00. The lowest BCUT2D eigenvalue weighted by Gasteiger charge is -2.15. The zero-order chi connectivity index (χ0) is 12.7. The molecule has 94 valence electrons. The fraction of sp³-hybridized carbons (Fsp3) is 0.500. The molecule has 1 aromatic heterocycles. The second-order valence-electron chi connectivity index (χ2n) is 3.45. The lowest BCUT2D eigenvalue weighted by atomic mass is 10.1. The second kappa shape index (κ2) is 6.64. The van der Waals surface area contributed by atoms with Gasteiger partial charge in [0.1, 0.15) is 6.04 Å². The monoisotopic (exact) mass is 240 g/mol. The molecule has 4 N–H and O–H groups in total. The predicted octanol–water partition coefficient (Wildman–Crippen LogP) is -1.04. The van der Waals surface area contributed by atoms with Crippen molar-refractivity contribution in [3.63, 3.8) is 0 Å². The highest BCUT2D eigenvalue weighted by atomic mass is 16.5. The van der Waals surface area contributed by atoms with E-state index in [1.54, 1.807) is 6.20 Å². The molecule has 1 atom stereocenters. The molecule has 0 spiro atoms. The molecule has 1 aromatic rings. The van der Waals surface area contributed by atoms with Crippen molar-refractivity contribution in [2.45, 2.75) is 18.9 Å². The zero-order valence-corrected chi connectivity index (χ0v) is 9.60. The van der Waals surface area contributed by atoms with E-state index in [0.29, 0.717) is 5.69 Å². The van der Waals surface area contributed by atoms with E-state index in [9.17, 15) is 9.59 Å². The summed E-state index contributed by atoms with van der Waals surface area (Å²) in [7, 11) is 1.27. The highest BCUT2D eigenvalue weighted by Gasteiger charge is 2.22. The summed E-state index contributed by atoms with van der Waals surface area (Å²) >= 11 is 0. The summed E-state index contributed by atoms with van der Waals surface area (Å²) in [6.07, 6.45) is 3.62. The summed E-state index contributed by atoms with van der Waals surface area (Å²) in [6.45, 7) is 0.238. The van der Waals surface area contributed by atoms with Gasteiger partial charge in [-0.15, -0.1) is 0 Å². The molecule has 0 saturated heterocycles. The SMILES string of the molecule is COC(=O)C(Cc1c[nH]cn1)NC(=O)CCN. The van der Waals surface area contributed by atoms with Crippen molar-refractivity contribution < 1.29 is 14.3 Å². The Morgan fingerprint density at radius 1 is 1.65 bits per heavy atom. The zero-order valence-electron chi connectivity index (χ0n) is 9.60. The van der Waals surface area contributed by atoms with E-state index in [1.807, 2.05) is 0 Å². The number of imidazole rings is 1. The molecule has 0 bridgehead atoms. The molecule has 1 heterocycles. The third kappa shape index (κ3) is 4.23. The molecule has 0 aliphatic rings. The molecule has 1 amide bonds. The first-order valence-corrected chi connectivity index (χ1v) is 5.22. The van der Waals surface area contributed by atoms with E-state index in [4.69, 9.17) is 5.73 Å². The first kappa shape index (κ1) is 13.2. The van der Waals surface area contributed by atoms with Gasteiger partial charge in [0, 0.05) is 25.6 Å². The standard InChI is InChI=1S/C10H16N4O3/c1-17-10(16)8(14-9(15)2-3-11)4-7-5-12-6-13-7/h5-6,8H,2-4,11H2,1H3,(H,12,13)(H,14,15). The minimum Gasteiger partial charge on any atom is -0.467 e. The summed E-state index contributed by atoms with van der Waals surface area (Å²) in [5.41, 5.74) is 5.93. The van der Waals surface area contributed by atoms with Gasteiger partial charge in [-0.05, 0) is 0 Å². The van der Waals surface area contributed by atoms with Crippen molar-refractivity contribution in [1.29, 1.82) is 0 Å². The van der Waals surface area contributed by atoms with Crippen LogP contribution >= 0.6 is 0 Å². The van der Waals surface area contributed by atoms with Crippen LogP contribution in [0.15, 0.2) is 12.5 Å². The predicted molar refractivity (Wildman–Crippen MR) is 59.9 cm³/mol. The summed E-state index contributed by atoms with van der Waals surface area (Å²) in [5, 5.41) is 2.56. The number of nitrogens with one attached hydrogen (secondary N) is 2. The first-order chi connectivity index (χ1) is 8.17. The van der Waals surface area contributed by atoms with Crippen molar-refractivity contribution in [3.8, 4) is 0 Å². The van der Waals surface area contributed by atoms with Crippen LogP contribution in [0.1, 0.15) is 12.1 Å². The van der Waals surface area contributed by atoms with E-state index in [1.165, 1.54) is 13.4 Å². The number of aromatic amines is 1. The van der Waals surface area contributed by atoms with Crippen molar-refractivity contribution >= 4 is 11.9 Å². The molecule has 0 aromatic carbocycles. The summed E-state index contributed by atoms with van der Waals surface area (Å²) < 4.78 is 4.62. The van der Waals surface area contributed by atoms with Crippen molar-refractivity contribution in [2.24, 2.45) is 5.73 Å². The Hall–Kier alpha value is -1.89. The molecule has 7 heteroatoms. The molecule has 0 aliphatic heterocycles. The average Bonchev–Trinajstić information content (AvgIpc) is 2.80. The summed E-state index contributed by atoms with van der Waals surface area (Å²) in [6, 6.07) is -0.734. The molecule has 1 unspecified atom stereocenters. The van der Waals surface area contributed by atoms with Crippen LogP contribution in [-0.2, 0) is 20.7 Å². The van der Waals surface area contributed by atoms with Gasteiger partial charge in [0.05, 0.1) is 19.1 Å². The molecular formula is C10H16N4O3. The maximum absolute atomic E-state index is 11.5. The Morgan fingerprint density at radius 2 is 2.41 bits per heavy atom. The van der Waals surface area contributed by atoms with Gasteiger partial charge in [-0.2, -0.15) is 0 Å². The van der Waals surface area contributed by atoms with Crippen LogP contribution in [0.25, 0.3) is 0 Å². The Bertz CT molecular complexity index is 364. The number of hydrogen-bond donors (Lipinski definition) is 3. The maximum atomic E-state index is 11.5. The molecule has 0 fully saturated rings. The Balaban J connectivity index is 2.60. The fourth-order valence-electron chi connectivity index (χ4n) is 1.34. The summed E-state index contributed by atoms with van der Waals surface area (Å²) in [5.74, 6) is -0.781. The number of rotatable bonds is 6. The minimum absolute atomic E-state index is 0.175. The number of esters is 1. The third-order valence-electron chi connectivity index (χ3n) is 2.16. The number of aromatic nitrogens is 2. The smallest absolute Gasteiger partial charge is 0.328 e. The Labute approximate surface area is 98.7 Å². The van der Waals surface area contributed by atoms with Crippen molar-refractivity contribution in [2.75, 3.05) is 13.7 Å². The number of hydrogen-bond acceptors (Lipinski definition) is 5. The van der Waals surface area contributed by atoms with Crippen LogP contribution in [0.2, 0.25) is 0 Å². The molecular weight excluding hydrogens is 224 g/mol. The minimum atomic E-state index is -0.734. The van der Waals surface area contributed by atoms with E-state index >= 15 is 0 Å². The van der Waals surface area contributed by atoms with Gasteiger partial charge < -0.3 is 20.8 Å². The number of nitrogens with two attached hydrogens (primary N) is 1. The average molecular weight is 240 g/mol. The van der Waals surface area contributed by atoms with Crippen LogP contribution in [0.3, 0.4) is 0 Å². The number of amides is 1. The van der Waals surface area contributed by atoms with Gasteiger partial charge in [-0.25, -0.2) is 9.78 Å². The molecule has 1 rings (SSSR count).